The lowest BCUT2D eigenvalue weighted by Crippen LogP contribution is -2.61. The van der Waals surface area contributed by atoms with Crippen molar-refractivity contribution >= 4 is 17.5 Å². The first kappa shape index (κ1) is 24.6. The fourth-order valence-corrected chi connectivity index (χ4v) is 5.90. The lowest BCUT2D eigenvalue weighted by Gasteiger charge is -2.48. The van der Waals surface area contributed by atoms with Crippen LogP contribution >= 0.6 is 11.6 Å². The van der Waals surface area contributed by atoms with E-state index < -0.39 is 17.8 Å². The molecule has 0 amide bonds. The number of aliphatic hydroxyl groups is 1. The Kier molecular flexibility index (Phi) is 5.92. The summed E-state index contributed by atoms with van der Waals surface area (Å²) < 4.78 is 41.9. The predicted octanol–water partition coefficient (Wildman–Crippen LogP) is 4.17. The molecule has 2 fully saturated rings. The monoisotopic (exact) mass is 533 g/mol. The molecular weight excluding hydrogens is 507 g/mol. The van der Waals surface area contributed by atoms with Crippen molar-refractivity contribution in [2.75, 3.05) is 18.0 Å². The van der Waals surface area contributed by atoms with E-state index in [9.17, 15) is 18.3 Å². The number of hydrogen-bond donors (Lipinski definition) is 1. The quantitative estimate of drug-likeness (QED) is 0.541. The van der Waals surface area contributed by atoms with Crippen LogP contribution in [-0.4, -0.2) is 65.6 Å². The number of halogens is 4. The first-order valence-electron chi connectivity index (χ1n) is 12.4. The SMILES string of the molecule is Cc1ccnc(N2CCC(c3nnc4n3-c3ccc(Cl)cc3CN(C3CC(O)(C(F)(F)F)C3)C4)CC2)n1. The molecule has 2 aliphatic heterocycles. The van der Waals surface area contributed by atoms with Gasteiger partial charge in [-0.3, -0.25) is 9.47 Å². The topological polar surface area (TPSA) is 83.2 Å². The highest BCUT2D eigenvalue weighted by molar-refractivity contribution is 6.30. The van der Waals surface area contributed by atoms with E-state index in [-0.39, 0.29) is 18.8 Å². The molecule has 1 aromatic carbocycles. The first-order valence-corrected chi connectivity index (χ1v) is 12.8. The number of anilines is 1. The van der Waals surface area contributed by atoms with Gasteiger partial charge in [-0.2, -0.15) is 13.2 Å². The Morgan fingerprint density at radius 1 is 1.08 bits per heavy atom. The molecule has 0 bridgehead atoms. The molecule has 1 saturated carbocycles. The molecule has 6 rings (SSSR count). The highest BCUT2D eigenvalue weighted by Gasteiger charge is 2.62. The summed E-state index contributed by atoms with van der Waals surface area (Å²) in [4.78, 5) is 13.1. The van der Waals surface area contributed by atoms with Crippen molar-refractivity contribution < 1.29 is 18.3 Å². The lowest BCUT2D eigenvalue weighted by atomic mass is 9.74. The zero-order valence-electron chi connectivity index (χ0n) is 20.3. The third-order valence-electron chi connectivity index (χ3n) is 7.87. The minimum absolute atomic E-state index is 0.163. The van der Waals surface area contributed by atoms with Crippen molar-refractivity contribution in [1.29, 1.82) is 0 Å². The molecule has 0 spiro atoms. The highest BCUT2D eigenvalue weighted by atomic mass is 35.5. The van der Waals surface area contributed by atoms with Gasteiger partial charge in [-0.1, -0.05) is 11.6 Å². The average molecular weight is 534 g/mol. The zero-order valence-corrected chi connectivity index (χ0v) is 21.0. The van der Waals surface area contributed by atoms with Crippen LogP contribution in [-0.2, 0) is 13.1 Å². The predicted molar refractivity (Wildman–Crippen MR) is 131 cm³/mol. The molecule has 8 nitrogen and oxygen atoms in total. The first-order chi connectivity index (χ1) is 17.6. The largest absolute Gasteiger partial charge is 0.417 e. The second kappa shape index (κ2) is 8.92. The molecule has 0 atom stereocenters. The van der Waals surface area contributed by atoms with Crippen molar-refractivity contribution in [1.82, 2.24) is 29.6 Å². The summed E-state index contributed by atoms with van der Waals surface area (Å²) in [6, 6.07) is 7.06. The van der Waals surface area contributed by atoms with Gasteiger partial charge in [0.25, 0.3) is 0 Å². The van der Waals surface area contributed by atoms with Crippen LogP contribution in [0.1, 0.15) is 54.5 Å². The van der Waals surface area contributed by atoms with Crippen molar-refractivity contribution in [3.8, 4) is 5.69 Å². The van der Waals surface area contributed by atoms with Crippen LogP contribution in [0.15, 0.2) is 30.5 Å². The molecule has 37 heavy (non-hydrogen) atoms. The Hall–Kier alpha value is -2.76. The van der Waals surface area contributed by atoms with Crippen LogP contribution in [0.4, 0.5) is 19.1 Å². The minimum atomic E-state index is -4.64. The number of fused-ring (bicyclic) bond motifs is 3. The van der Waals surface area contributed by atoms with Gasteiger partial charge in [-0.05, 0) is 49.6 Å². The molecule has 2 aromatic heterocycles. The van der Waals surface area contributed by atoms with Crippen LogP contribution < -0.4 is 4.90 Å². The number of nitrogens with zero attached hydrogens (tertiary/aromatic N) is 7. The molecule has 3 aliphatic rings. The van der Waals surface area contributed by atoms with Crippen molar-refractivity contribution in [2.24, 2.45) is 0 Å². The number of hydrogen-bond acceptors (Lipinski definition) is 7. The average Bonchev–Trinajstić information content (AvgIpc) is 3.17. The second-order valence-electron chi connectivity index (χ2n) is 10.3. The molecule has 1 saturated heterocycles. The Labute approximate surface area is 217 Å². The Balaban J connectivity index is 1.27. The van der Waals surface area contributed by atoms with Gasteiger partial charge in [-0.15, -0.1) is 10.2 Å². The summed E-state index contributed by atoms with van der Waals surface area (Å²) in [6.07, 6.45) is -1.87. The van der Waals surface area contributed by atoms with E-state index >= 15 is 0 Å². The van der Waals surface area contributed by atoms with Crippen LogP contribution in [0.2, 0.25) is 5.02 Å². The van der Waals surface area contributed by atoms with E-state index in [1.165, 1.54) is 0 Å². The van der Waals surface area contributed by atoms with Crippen LogP contribution in [0.5, 0.6) is 0 Å². The van der Waals surface area contributed by atoms with E-state index in [4.69, 9.17) is 11.6 Å². The number of alkyl halides is 3. The standard InChI is InChI=1S/C25H27ClF3N7O/c1-15-4-7-30-23(31-15)34-8-5-16(6-9-34)22-33-32-21-14-35(19-11-24(37,12-19)25(27,28)29)13-17-10-18(26)2-3-20(17)36(21)22/h2-4,7,10,16,19,37H,5-6,8-9,11-14H2,1H3. The van der Waals surface area contributed by atoms with Gasteiger partial charge in [0.2, 0.25) is 5.95 Å². The summed E-state index contributed by atoms with van der Waals surface area (Å²) in [7, 11) is 0. The molecule has 196 valence electrons. The number of aryl methyl sites for hydroxylation is 1. The fourth-order valence-electron chi connectivity index (χ4n) is 5.71. The molecule has 1 aliphatic carbocycles. The maximum Gasteiger partial charge on any atom is 0.417 e. The summed E-state index contributed by atoms with van der Waals surface area (Å²) in [5.41, 5.74) is 0.0986. The number of benzene rings is 1. The van der Waals surface area contributed by atoms with Gasteiger partial charge < -0.3 is 10.0 Å². The number of aromatic nitrogens is 5. The zero-order chi connectivity index (χ0) is 25.9. The van der Waals surface area contributed by atoms with Gasteiger partial charge in [-0.25, -0.2) is 9.97 Å². The molecule has 0 unspecified atom stereocenters. The van der Waals surface area contributed by atoms with Crippen LogP contribution in [0.3, 0.4) is 0 Å². The lowest BCUT2D eigenvalue weighted by molar-refractivity contribution is -0.300. The van der Waals surface area contributed by atoms with Crippen molar-refractivity contribution in [2.45, 2.75) is 69.4 Å². The third-order valence-corrected chi connectivity index (χ3v) is 8.11. The summed E-state index contributed by atoms with van der Waals surface area (Å²) in [5.74, 6) is 2.43. The number of rotatable bonds is 3. The number of piperidine rings is 1. The normalized spacial score (nSPS) is 24.8. The van der Waals surface area contributed by atoms with Gasteiger partial charge >= 0.3 is 6.18 Å². The van der Waals surface area contributed by atoms with Gasteiger partial charge in [0, 0.05) is 61.3 Å². The molecular formula is C25H27ClF3N7O. The summed E-state index contributed by atoms with van der Waals surface area (Å²) in [6.45, 7) is 4.28. The summed E-state index contributed by atoms with van der Waals surface area (Å²) in [5, 5.41) is 19.7. The molecule has 1 N–H and O–H groups in total. The molecule has 0 radical (unpaired) electrons. The van der Waals surface area contributed by atoms with Crippen LogP contribution in [0.25, 0.3) is 5.69 Å². The Bertz CT molecular complexity index is 1320. The van der Waals surface area contributed by atoms with Crippen molar-refractivity contribution in [3.05, 3.63) is 58.4 Å². The van der Waals surface area contributed by atoms with Crippen LogP contribution in [0, 0.1) is 6.92 Å². The fraction of sp³-hybridized carbons (Fsp3) is 0.520. The Morgan fingerprint density at radius 2 is 1.84 bits per heavy atom. The highest BCUT2D eigenvalue weighted by Crippen LogP contribution is 2.48. The second-order valence-corrected chi connectivity index (χ2v) is 10.8. The maximum absolute atomic E-state index is 13.3. The van der Waals surface area contributed by atoms with E-state index in [0.717, 1.165) is 54.6 Å². The van der Waals surface area contributed by atoms with Crippen molar-refractivity contribution in [3.63, 3.8) is 0 Å². The molecule has 12 heteroatoms. The third kappa shape index (κ3) is 4.36. The molecule has 3 aromatic rings. The molecule has 4 heterocycles. The summed E-state index contributed by atoms with van der Waals surface area (Å²) >= 11 is 6.32. The van der Waals surface area contributed by atoms with E-state index in [2.05, 4.69) is 29.6 Å². The Morgan fingerprint density at radius 3 is 2.54 bits per heavy atom. The van der Waals surface area contributed by atoms with Gasteiger partial charge in [0.15, 0.2) is 11.4 Å². The van der Waals surface area contributed by atoms with Gasteiger partial charge in [0.05, 0.1) is 12.2 Å². The smallest absolute Gasteiger partial charge is 0.380 e. The van der Waals surface area contributed by atoms with E-state index in [1.807, 2.05) is 36.1 Å². The van der Waals surface area contributed by atoms with E-state index in [1.54, 1.807) is 6.20 Å². The van der Waals surface area contributed by atoms with Gasteiger partial charge in [0.1, 0.15) is 5.82 Å². The maximum atomic E-state index is 13.3. The minimum Gasteiger partial charge on any atom is -0.380 e. The van der Waals surface area contributed by atoms with E-state index in [0.29, 0.717) is 23.9 Å².